The van der Waals surface area contributed by atoms with E-state index in [4.69, 9.17) is 10.5 Å². The Kier molecular flexibility index (Phi) is 10.7. The van der Waals surface area contributed by atoms with Crippen LogP contribution in [0.2, 0.25) is 0 Å². The topological polar surface area (TPSA) is 177 Å². The number of esters is 1. The summed E-state index contributed by atoms with van der Waals surface area (Å²) < 4.78 is 5.62. The summed E-state index contributed by atoms with van der Waals surface area (Å²) in [6.07, 6.45) is 6.49. The quantitative estimate of drug-likeness (QED) is 0.172. The summed E-state index contributed by atoms with van der Waals surface area (Å²) in [4.78, 5) is 81.7. The Hall–Kier alpha value is -3.96. The first-order chi connectivity index (χ1) is 23.1. The van der Waals surface area contributed by atoms with Gasteiger partial charge in [0, 0.05) is 6.54 Å². The molecule has 1 aromatic rings. The molecule has 2 unspecified atom stereocenters. The molecule has 1 heterocycles. The van der Waals surface area contributed by atoms with E-state index >= 15 is 0 Å². The van der Waals surface area contributed by atoms with E-state index in [2.05, 4.69) is 29.8 Å². The van der Waals surface area contributed by atoms with Crippen LogP contribution in [0, 0.1) is 35.0 Å². The maximum absolute atomic E-state index is 14.6. The minimum Gasteiger partial charge on any atom is -0.459 e. The van der Waals surface area contributed by atoms with Gasteiger partial charge in [-0.25, -0.2) is 9.59 Å². The molecular formula is C37H53N5O7. The van der Waals surface area contributed by atoms with Gasteiger partial charge < -0.3 is 31.3 Å². The molecule has 1 saturated heterocycles. The summed E-state index contributed by atoms with van der Waals surface area (Å²) in [5.74, 6) is -3.67. The van der Waals surface area contributed by atoms with Crippen LogP contribution >= 0.6 is 0 Å². The Morgan fingerprint density at radius 3 is 2.22 bits per heavy atom. The number of amides is 5. The lowest BCUT2D eigenvalue weighted by molar-refractivity contribution is -0.153. The number of hydrogen-bond acceptors (Lipinski definition) is 7. The molecule has 4 aliphatic rings. The van der Waals surface area contributed by atoms with Gasteiger partial charge in [-0.15, -0.1) is 0 Å². The molecule has 5 rings (SSSR count). The van der Waals surface area contributed by atoms with E-state index in [0.717, 1.165) is 50.5 Å². The first-order valence-corrected chi connectivity index (χ1v) is 17.9. The lowest BCUT2D eigenvalue weighted by Crippen LogP contribution is -2.63. The molecule has 6 atom stereocenters. The Morgan fingerprint density at radius 1 is 0.980 bits per heavy atom. The summed E-state index contributed by atoms with van der Waals surface area (Å²) in [7, 11) is 0. The van der Waals surface area contributed by atoms with Crippen molar-refractivity contribution in [3.8, 4) is 0 Å². The normalized spacial score (nSPS) is 25.3. The number of likely N-dealkylation sites (tertiary alicyclic amines) is 1. The van der Waals surface area contributed by atoms with Crippen molar-refractivity contribution in [1.29, 1.82) is 0 Å². The highest BCUT2D eigenvalue weighted by atomic mass is 16.5. The third-order valence-electron chi connectivity index (χ3n) is 11.7. The van der Waals surface area contributed by atoms with E-state index in [1.807, 2.05) is 44.2 Å². The standard InChI is InChI=1S/C37H53N5O7/c1-21(2)37(5,34(47)49-20-23-12-8-6-9-13-23)41-35(48)40-28(24-14-10-7-11-15-24)33(46)42-19-25-27(36(25,3)4)29(42)32(45)39-26(18-22-16-17-22)30(43)31(38)44/h6,8-9,12-13,21-22,24-29H,7,10-11,14-20H2,1-5H3,(H2,38,44)(H,39,45)(H2,40,41,48)/t25?,26?,27-,28-,29-,37-/m0/s1. The predicted molar refractivity (Wildman–Crippen MR) is 181 cm³/mol. The Labute approximate surface area is 289 Å². The third-order valence-corrected chi connectivity index (χ3v) is 11.7. The van der Waals surface area contributed by atoms with Crippen LogP contribution in [0.4, 0.5) is 4.79 Å². The molecule has 0 aromatic heterocycles. The maximum Gasteiger partial charge on any atom is 0.332 e. The van der Waals surface area contributed by atoms with Crippen molar-refractivity contribution in [3.05, 3.63) is 35.9 Å². The van der Waals surface area contributed by atoms with Crippen LogP contribution in [0.5, 0.6) is 0 Å². The van der Waals surface area contributed by atoms with Crippen LogP contribution in [0.1, 0.15) is 91.5 Å². The maximum atomic E-state index is 14.6. The molecule has 1 aliphatic heterocycles. The van der Waals surface area contributed by atoms with Gasteiger partial charge in [0.15, 0.2) is 0 Å². The van der Waals surface area contributed by atoms with Crippen molar-refractivity contribution < 1.29 is 33.5 Å². The number of hydrogen-bond donors (Lipinski definition) is 4. The SMILES string of the molecule is CC(C)[C@](C)(NC(=O)N[C@H](C(=O)N1CC2[C@@H]([C@H]1C(=O)NC(CC1CC1)C(=O)C(N)=O)C2(C)C)C1CCCCC1)C(=O)OCc1ccccc1. The average Bonchev–Trinajstić information content (AvgIpc) is 3.93. The molecule has 12 heteroatoms. The van der Waals surface area contributed by atoms with Crippen LogP contribution in [-0.2, 0) is 35.3 Å². The highest BCUT2D eigenvalue weighted by Crippen LogP contribution is 2.65. The van der Waals surface area contributed by atoms with E-state index in [9.17, 15) is 28.8 Å². The summed E-state index contributed by atoms with van der Waals surface area (Å²) in [6, 6.07) is 5.78. The van der Waals surface area contributed by atoms with E-state index < -0.39 is 53.3 Å². The zero-order valence-corrected chi connectivity index (χ0v) is 29.5. The average molecular weight is 680 g/mol. The fourth-order valence-electron chi connectivity index (χ4n) is 7.91. The van der Waals surface area contributed by atoms with E-state index in [-0.39, 0.29) is 47.5 Å². The molecule has 12 nitrogen and oxygen atoms in total. The number of nitrogens with zero attached hydrogens (tertiary/aromatic N) is 1. The fourth-order valence-corrected chi connectivity index (χ4v) is 7.91. The molecule has 3 saturated carbocycles. The predicted octanol–water partition coefficient (Wildman–Crippen LogP) is 3.21. The van der Waals surface area contributed by atoms with Gasteiger partial charge in [-0.2, -0.15) is 0 Å². The first kappa shape index (κ1) is 36.3. The van der Waals surface area contributed by atoms with Gasteiger partial charge >= 0.3 is 12.0 Å². The monoisotopic (exact) mass is 679 g/mol. The fraction of sp³-hybridized carbons (Fsp3) is 0.676. The van der Waals surface area contributed by atoms with Gasteiger partial charge in [-0.05, 0) is 66.8 Å². The number of nitrogens with two attached hydrogens (primary N) is 1. The van der Waals surface area contributed by atoms with Crippen LogP contribution in [0.3, 0.4) is 0 Å². The molecule has 0 radical (unpaired) electrons. The van der Waals surface area contributed by atoms with Crippen LogP contribution in [0.25, 0.3) is 0 Å². The third kappa shape index (κ3) is 7.94. The lowest BCUT2D eigenvalue weighted by atomic mass is 9.83. The zero-order valence-electron chi connectivity index (χ0n) is 29.5. The minimum absolute atomic E-state index is 0.0537. The zero-order chi connectivity index (χ0) is 35.7. The molecule has 0 spiro atoms. The smallest absolute Gasteiger partial charge is 0.332 e. The molecule has 1 aromatic carbocycles. The number of ether oxygens (including phenoxy) is 1. The second kappa shape index (κ2) is 14.5. The van der Waals surface area contributed by atoms with Crippen LogP contribution in [0.15, 0.2) is 30.3 Å². The van der Waals surface area contributed by atoms with Gasteiger partial charge in [-0.1, -0.05) is 90.1 Å². The summed E-state index contributed by atoms with van der Waals surface area (Å²) in [5.41, 5.74) is 4.57. The van der Waals surface area contributed by atoms with E-state index in [1.54, 1.807) is 11.8 Å². The Morgan fingerprint density at radius 2 is 1.63 bits per heavy atom. The highest BCUT2D eigenvalue weighted by molar-refractivity contribution is 6.37. The van der Waals surface area contributed by atoms with Crippen molar-refractivity contribution in [1.82, 2.24) is 20.9 Å². The number of fused-ring (bicyclic) bond motifs is 1. The molecule has 4 fully saturated rings. The number of urea groups is 1. The number of primary amides is 1. The lowest BCUT2D eigenvalue weighted by Gasteiger charge is -2.38. The highest BCUT2D eigenvalue weighted by Gasteiger charge is 2.69. The molecule has 5 amide bonds. The van der Waals surface area contributed by atoms with Crippen molar-refractivity contribution in [3.63, 3.8) is 0 Å². The Bertz CT molecular complexity index is 1440. The molecule has 3 aliphatic carbocycles. The summed E-state index contributed by atoms with van der Waals surface area (Å²) in [6.45, 7) is 9.77. The van der Waals surface area contributed by atoms with Crippen LogP contribution < -0.4 is 21.7 Å². The first-order valence-electron chi connectivity index (χ1n) is 17.9. The van der Waals surface area contributed by atoms with Crippen molar-refractivity contribution in [2.24, 2.45) is 40.7 Å². The number of benzene rings is 1. The van der Waals surface area contributed by atoms with Gasteiger partial charge in [0.25, 0.3) is 5.91 Å². The van der Waals surface area contributed by atoms with Crippen molar-refractivity contribution in [2.75, 3.05) is 6.54 Å². The van der Waals surface area contributed by atoms with Crippen LogP contribution in [-0.4, -0.2) is 70.6 Å². The number of rotatable bonds is 14. The number of nitrogens with one attached hydrogen (secondary N) is 3. The van der Waals surface area contributed by atoms with Gasteiger partial charge in [0.1, 0.15) is 24.2 Å². The van der Waals surface area contributed by atoms with Crippen molar-refractivity contribution in [2.45, 2.75) is 116 Å². The van der Waals surface area contributed by atoms with Gasteiger partial charge in [-0.3, -0.25) is 19.2 Å². The number of Topliss-reactive ketones (excluding diaryl/α,β-unsaturated/α-hetero) is 1. The second-order valence-corrected chi connectivity index (χ2v) is 15.8. The van der Waals surface area contributed by atoms with E-state index in [1.165, 1.54) is 0 Å². The van der Waals surface area contributed by atoms with Gasteiger partial charge in [0.05, 0.1) is 6.04 Å². The van der Waals surface area contributed by atoms with E-state index in [0.29, 0.717) is 13.0 Å². The molecular weight excluding hydrogens is 626 g/mol. The second-order valence-electron chi connectivity index (χ2n) is 15.8. The molecule has 49 heavy (non-hydrogen) atoms. The largest absolute Gasteiger partial charge is 0.459 e. The molecule has 0 bridgehead atoms. The number of carbonyl (C=O) groups excluding carboxylic acids is 6. The number of piperidine rings is 1. The Balaban J connectivity index is 1.33. The number of ketones is 1. The molecule has 5 N–H and O–H groups in total. The number of carbonyl (C=O) groups is 6. The summed E-state index contributed by atoms with van der Waals surface area (Å²) >= 11 is 0. The minimum atomic E-state index is -1.38. The van der Waals surface area contributed by atoms with Crippen molar-refractivity contribution >= 4 is 35.5 Å². The van der Waals surface area contributed by atoms with Gasteiger partial charge in [0.2, 0.25) is 17.6 Å². The molecule has 268 valence electrons. The summed E-state index contributed by atoms with van der Waals surface area (Å²) in [5, 5.41) is 8.55.